The fraction of sp³-hybridized carbons (Fsp3) is 1.00. The van der Waals surface area contributed by atoms with E-state index >= 15 is 0 Å². The zero-order valence-corrected chi connectivity index (χ0v) is 11.6. The van der Waals surface area contributed by atoms with Crippen molar-refractivity contribution in [2.45, 2.75) is 25.3 Å². The third-order valence-electron chi connectivity index (χ3n) is 2.63. The number of hydrogen-bond acceptors (Lipinski definition) is 5. The molecule has 0 aromatic heterocycles. The van der Waals surface area contributed by atoms with Gasteiger partial charge in [-0.15, -0.1) is 0 Å². The Balaban J connectivity index is 2.35. The van der Waals surface area contributed by atoms with Crippen molar-refractivity contribution in [3.05, 3.63) is 0 Å². The maximum atomic E-state index is 11.6. The predicted molar refractivity (Wildman–Crippen MR) is 67.1 cm³/mol. The third-order valence-corrected chi connectivity index (χ3v) is 5.06. The molecule has 1 aliphatic rings. The molecule has 2 N–H and O–H groups in total. The van der Waals surface area contributed by atoms with Crippen molar-refractivity contribution in [3.63, 3.8) is 0 Å². The SMILES string of the molecule is CS(=O)(=O)CCNS(=O)(=O)CC1CCCCN1. The maximum absolute atomic E-state index is 11.6. The summed E-state index contributed by atoms with van der Waals surface area (Å²) in [6.07, 6.45) is 4.06. The number of nitrogens with one attached hydrogen (secondary N) is 2. The van der Waals surface area contributed by atoms with Crippen LogP contribution in [0.25, 0.3) is 0 Å². The standard InChI is InChI=1S/C9H20N2O4S2/c1-16(12,13)7-6-11-17(14,15)8-9-4-2-3-5-10-9/h9-11H,2-8H2,1H3. The predicted octanol–water partition coefficient (Wildman–Crippen LogP) is -0.907. The van der Waals surface area contributed by atoms with Gasteiger partial charge >= 0.3 is 0 Å². The Morgan fingerprint density at radius 3 is 2.47 bits per heavy atom. The molecule has 0 aromatic rings. The third kappa shape index (κ3) is 6.97. The van der Waals surface area contributed by atoms with Gasteiger partial charge in [-0.3, -0.25) is 0 Å². The molecule has 1 unspecified atom stereocenters. The quantitative estimate of drug-likeness (QED) is 0.659. The second-order valence-electron chi connectivity index (χ2n) is 4.45. The minimum Gasteiger partial charge on any atom is -0.313 e. The van der Waals surface area contributed by atoms with Gasteiger partial charge in [-0.1, -0.05) is 6.42 Å². The number of hydrogen-bond donors (Lipinski definition) is 2. The zero-order chi connectivity index (χ0) is 12.9. The Bertz CT molecular complexity index is 424. The van der Waals surface area contributed by atoms with Gasteiger partial charge in [-0.05, 0) is 19.4 Å². The molecule has 1 fully saturated rings. The van der Waals surface area contributed by atoms with E-state index in [1.165, 1.54) is 0 Å². The molecule has 17 heavy (non-hydrogen) atoms. The van der Waals surface area contributed by atoms with Crippen molar-refractivity contribution in [3.8, 4) is 0 Å². The van der Waals surface area contributed by atoms with Gasteiger partial charge in [0.15, 0.2) is 0 Å². The van der Waals surface area contributed by atoms with Crippen LogP contribution in [0.5, 0.6) is 0 Å². The van der Waals surface area contributed by atoms with Gasteiger partial charge in [0.25, 0.3) is 0 Å². The molecule has 0 radical (unpaired) electrons. The summed E-state index contributed by atoms with van der Waals surface area (Å²) in [5.74, 6) is -0.138. The van der Waals surface area contributed by atoms with E-state index in [-0.39, 0.29) is 24.1 Å². The molecule has 102 valence electrons. The van der Waals surface area contributed by atoms with Gasteiger partial charge in [0.05, 0.1) is 11.5 Å². The summed E-state index contributed by atoms with van der Waals surface area (Å²) in [6, 6.07) is -0.0144. The molecule has 0 aliphatic carbocycles. The largest absolute Gasteiger partial charge is 0.313 e. The van der Waals surface area contributed by atoms with Gasteiger partial charge in [-0.25, -0.2) is 21.6 Å². The molecule has 6 nitrogen and oxygen atoms in total. The van der Waals surface area contributed by atoms with Crippen molar-refractivity contribution in [1.29, 1.82) is 0 Å². The van der Waals surface area contributed by atoms with Crippen molar-refractivity contribution < 1.29 is 16.8 Å². The van der Waals surface area contributed by atoms with Crippen LogP contribution in [0.1, 0.15) is 19.3 Å². The summed E-state index contributed by atoms with van der Waals surface area (Å²) in [7, 11) is -6.50. The maximum Gasteiger partial charge on any atom is 0.213 e. The van der Waals surface area contributed by atoms with Gasteiger partial charge < -0.3 is 5.32 Å². The Labute approximate surface area is 103 Å². The minimum atomic E-state index is -3.38. The van der Waals surface area contributed by atoms with Crippen molar-refractivity contribution in [2.24, 2.45) is 0 Å². The van der Waals surface area contributed by atoms with Crippen molar-refractivity contribution >= 4 is 19.9 Å². The lowest BCUT2D eigenvalue weighted by molar-refractivity contribution is 0.422. The highest BCUT2D eigenvalue weighted by Crippen LogP contribution is 2.08. The van der Waals surface area contributed by atoms with E-state index in [2.05, 4.69) is 10.0 Å². The van der Waals surface area contributed by atoms with Crippen LogP contribution in [0.15, 0.2) is 0 Å². The lowest BCUT2D eigenvalue weighted by Gasteiger charge is -2.23. The molecule has 0 amide bonds. The number of rotatable bonds is 6. The van der Waals surface area contributed by atoms with Crippen LogP contribution in [0, 0.1) is 0 Å². The molecule has 1 saturated heterocycles. The number of sulfonamides is 1. The van der Waals surface area contributed by atoms with E-state index < -0.39 is 19.9 Å². The highest BCUT2D eigenvalue weighted by molar-refractivity contribution is 7.91. The molecule has 1 heterocycles. The first-order valence-electron chi connectivity index (χ1n) is 5.67. The fourth-order valence-corrected chi connectivity index (χ4v) is 3.72. The normalized spacial score (nSPS) is 22.5. The van der Waals surface area contributed by atoms with E-state index in [0.29, 0.717) is 0 Å². The number of sulfone groups is 1. The summed E-state index contributed by atoms with van der Waals surface area (Å²) < 4.78 is 47.3. The van der Waals surface area contributed by atoms with Crippen molar-refractivity contribution in [2.75, 3.05) is 30.9 Å². The Kier molecular flexibility index (Phi) is 5.36. The lowest BCUT2D eigenvalue weighted by Crippen LogP contribution is -2.43. The Morgan fingerprint density at radius 2 is 1.94 bits per heavy atom. The second kappa shape index (κ2) is 6.12. The first-order chi connectivity index (χ1) is 7.79. The smallest absolute Gasteiger partial charge is 0.213 e. The van der Waals surface area contributed by atoms with E-state index in [0.717, 1.165) is 32.1 Å². The van der Waals surface area contributed by atoms with Crippen LogP contribution in [0.2, 0.25) is 0 Å². The first-order valence-corrected chi connectivity index (χ1v) is 9.38. The first kappa shape index (κ1) is 14.9. The molecule has 0 spiro atoms. The van der Waals surface area contributed by atoms with Crippen molar-refractivity contribution in [1.82, 2.24) is 10.0 Å². The molecular weight excluding hydrogens is 264 g/mol. The van der Waals surface area contributed by atoms with Crippen LogP contribution >= 0.6 is 0 Å². The average Bonchev–Trinajstić information content (AvgIpc) is 2.15. The highest BCUT2D eigenvalue weighted by atomic mass is 32.2. The topological polar surface area (TPSA) is 92.3 Å². The fourth-order valence-electron chi connectivity index (χ4n) is 1.77. The molecule has 0 bridgehead atoms. The summed E-state index contributed by atoms with van der Waals surface area (Å²) in [5.41, 5.74) is 0. The van der Waals surface area contributed by atoms with Crippen LogP contribution in [-0.2, 0) is 19.9 Å². The lowest BCUT2D eigenvalue weighted by atomic mass is 10.1. The molecule has 1 rings (SSSR count). The van der Waals surface area contributed by atoms with E-state index in [1.807, 2.05) is 0 Å². The average molecular weight is 284 g/mol. The van der Waals surface area contributed by atoms with Gasteiger partial charge in [0.2, 0.25) is 10.0 Å². The van der Waals surface area contributed by atoms with Crippen LogP contribution in [0.3, 0.4) is 0 Å². The number of piperidine rings is 1. The van der Waals surface area contributed by atoms with E-state index in [1.54, 1.807) is 0 Å². The van der Waals surface area contributed by atoms with E-state index in [4.69, 9.17) is 0 Å². The van der Waals surface area contributed by atoms with Gasteiger partial charge in [-0.2, -0.15) is 0 Å². The van der Waals surface area contributed by atoms with E-state index in [9.17, 15) is 16.8 Å². The Morgan fingerprint density at radius 1 is 1.24 bits per heavy atom. The molecule has 0 aromatic carbocycles. The molecule has 1 atom stereocenters. The van der Waals surface area contributed by atoms with Gasteiger partial charge in [0.1, 0.15) is 9.84 Å². The summed E-state index contributed by atoms with van der Waals surface area (Å²) in [6.45, 7) is 0.803. The Hall–Kier alpha value is -0.180. The van der Waals surface area contributed by atoms with Crippen LogP contribution < -0.4 is 10.0 Å². The van der Waals surface area contributed by atoms with Crippen LogP contribution in [-0.4, -0.2) is 53.7 Å². The highest BCUT2D eigenvalue weighted by Gasteiger charge is 2.20. The second-order valence-corrected chi connectivity index (χ2v) is 8.56. The molecular formula is C9H20N2O4S2. The molecule has 1 aliphatic heterocycles. The minimum absolute atomic E-state index is 0.0144. The summed E-state index contributed by atoms with van der Waals surface area (Å²) >= 11 is 0. The monoisotopic (exact) mass is 284 g/mol. The molecule has 0 saturated carbocycles. The van der Waals surface area contributed by atoms with Gasteiger partial charge in [0, 0.05) is 18.8 Å². The zero-order valence-electron chi connectivity index (χ0n) is 9.98. The summed E-state index contributed by atoms with van der Waals surface area (Å²) in [5, 5.41) is 3.14. The summed E-state index contributed by atoms with van der Waals surface area (Å²) in [4.78, 5) is 0. The van der Waals surface area contributed by atoms with Crippen LogP contribution in [0.4, 0.5) is 0 Å². The molecule has 8 heteroatoms.